The van der Waals surface area contributed by atoms with Gasteiger partial charge in [0.25, 0.3) is 15.9 Å². The highest BCUT2D eigenvalue weighted by Crippen LogP contribution is 2.27. The highest BCUT2D eigenvalue weighted by Gasteiger charge is 2.18. The maximum absolute atomic E-state index is 12.8. The van der Waals surface area contributed by atoms with E-state index in [-0.39, 0.29) is 16.3 Å². The Kier molecular flexibility index (Phi) is 6.34. The van der Waals surface area contributed by atoms with Gasteiger partial charge in [-0.25, -0.2) is 8.42 Å². The fourth-order valence-electron chi connectivity index (χ4n) is 3.00. The molecular weight excluding hydrogens is 466 g/mol. The zero-order valence-electron chi connectivity index (χ0n) is 17.3. The smallest absolute Gasteiger partial charge is 0.277 e. The molecular formula is C23H18ClN3O5S. The summed E-state index contributed by atoms with van der Waals surface area (Å²) in [5.41, 5.74) is 1.33. The molecule has 0 aliphatic rings. The number of aromatic nitrogens is 1. The second kappa shape index (κ2) is 9.35. The number of carbonyl (C=O) groups is 1. The van der Waals surface area contributed by atoms with E-state index >= 15 is 0 Å². The van der Waals surface area contributed by atoms with E-state index in [0.29, 0.717) is 27.8 Å². The summed E-state index contributed by atoms with van der Waals surface area (Å²) < 4.78 is 38.6. The van der Waals surface area contributed by atoms with Crippen molar-refractivity contribution in [3.63, 3.8) is 0 Å². The van der Waals surface area contributed by atoms with Gasteiger partial charge in [0.15, 0.2) is 11.5 Å². The summed E-state index contributed by atoms with van der Waals surface area (Å²) in [5, 5.41) is 7.00. The van der Waals surface area contributed by atoms with Crippen LogP contribution in [-0.2, 0) is 10.0 Å². The molecule has 4 aromatic rings. The average Bonchev–Trinajstić information content (AvgIpc) is 3.30. The van der Waals surface area contributed by atoms with Gasteiger partial charge < -0.3 is 14.6 Å². The Morgan fingerprint density at radius 1 is 1.00 bits per heavy atom. The molecule has 0 spiro atoms. The van der Waals surface area contributed by atoms with Crippen molar-refractivity contribution in [3.05, 3.63) is 89.6 Å². The maximum atomic E-state index is 12.8. The lowest BCUT2D eigenvalue weighted by atomic mass is 10.1. The molecule has 0 saturated heterocycles. The van der Waals surface area contributed by atoms with Gasteiger partial charge in [0, 0.05) is 22.3 Å². The molecule has 4 rings (SSSR count). The van der Waals surface area contributed by atoms with Crippen LogP contribution in [0.4, 0.5) is 11.4 Å². The number of nitrogens with zero attached hydrogens (tertiary/aromatic N) is 1. The number of ether oxygens (including phenoxy) is 1. The minimum Gasteiger partial charge on any atom is -0.495 e. The van der Waals surface area contributed by atoms with Crippen molar-refractivity contribution in [2.45, 2.75) is 4.90 Å². The molecule has 1 aromatic heterocycles. The van der Waals surface area contributed by atoms with Crippen molar-refractivity contribution >= 4 is 38.9 Å². The molecule has 1 heterocycles. The van der Waals surface area contributed by atoms with Crippen LogP contribution in [0.3, 0.4) is 0 Å². The Bertz CT molecular complexity index is 1400. The normalized spacial score (nSPS) is 11.1. The van der Waals surface area contributed by atoms with Crippen LogP contribution >= 0.6 is 11.6 Å². The number of anilines is 2. The Labute approximate surface area is 195 Å². The molecule has 0 aliphatic carbocycles. The molecule has 10 heteroatoms. The van der Waals surface area contributed by atoms with Gasteiger partial charge in [-0.2, -0.15) is 0 Å². The molecule has 8 nitrogen and oxygen atoms in total. The monoisotopic (exact) mass is 483 g/mol. The van der Waals surface area contributed by atoms with Crippen LogP contribution in [0, 0.1) is 0 Å². The van der Waals surface area contributed by atoms with Crippen molar-refractivity contribution < 1.29 is 22.5 Å². The van der Waals surface area contributed by atoms with Crippen LogP contribution in [-0.4, -0.2) is 26.6 Å². The number of methoxy groups -OCH3 is 1. The van der Waals surface area contributed by atoms with Crippen LogP contribution in [0.5, 0.6) is 5.75 Å². The van der Waals surface area contributed by atoms with Gasteiger partial charge in [0.2, 0.25) is 0 Å². The van der Waals surface area contributed by atoms with Crippen molar-refractivity contribution in [1.29, 1.82) is 0 Å². The highest BCUT2D eigenvalue weighted by molar-refractivity contribution is 7.92. The van der Waals surface area contributed by atoms with Crippen molar-refractivity contribution in [2.75, 3.05) is 17.1 Å². The van der Waals surface area contributed by atoms with Crippen LogP contribution in [0.2, 0.25) is 5.02 Å². The minimum atomic E-state index is -3.93. The van der Waals surface area contributed by atoms with Gasteiger partial charge in [0.1, 0.15) is 5.75 Å². The molecule has 168 valence electrons. The number of amides is 1. The summed E-state index contributed by atoms with van der Waals surface area (Å²) in [6, 6.07) is 20.9. The van der Waals surface area contributed by atoms with E-state index in [4.69, 9.17) is 20.9 Å². The number of para-hydroxylation sites is 2. The lowest BCUT2D eigenvalue weighted by molar-refractivity contribution is 0.101. The SMILES string of the molecule is COc1ccccc1NS(=O)(=O)c1cccc(NC(=O)c2cc(-c3ccc(Cl)cc3)on2)c1. The molecule has 0 unspecified atom stereocenters. The first-order valence-corrected chi connectivity index (χ1v) is 11.5. The molecule has 2 N–H and O–H groups in total. The Hall–Kier alpha value is -3.82. The minimum absolute atomic E-state index is 0.0341. The lowest BCUT2D eigenvalue weighted by Gasteiger charge is -2.12. The third-order valence-corrected chi connectivity index (χ3v) is 6.24. The summed E-state index contributed by atoms with van der Waals surface area (Å²) >= 11 is 5.89. The topological polar surface area (TPSA) is 111 Å². The molecule has 0 radical (unpaired) electrons. The first kappa shape index (κ1) is 22.4. The predicted molar refractivity (Wildman–Crippen MR) is 125 cm³/mol. The molecule has 0 saturated carbocycles. The Morgan fingerprint density at radius 3 is 2.52 bits per heavy atom. The maximum Gasteiger partial charge on any atom is 0.277 e. The van der Waals surface area contributed by atoms with E-state index in [2.05, 4.69) is 15.2 Å². The van der Waals surface area contributed by atoms with Gasteiger partial charge in [-0.05, 0) is 54.6 Å². The third-order valence-electron chi connectivity index (χ3n) is 4.63. The third kappa shape index (κ3) is 5.16. The molecule has 0 aliphatic heterocycles. The lowest BCUT2D eigenvalue weighted by Crippen LogP contribution is -2.15. The second-order valence-electron chi connectivity index (χ2n) is 6.87. The fraction of sp³-hybridized carbons (Fsp3) is 0.0435. The highest BCUT2D eigenvalue weighted by atomic mass is 35.5. The number of halogens is 1. The van der Waals surface area contributed by atoms with E-state index in [1.54, 1.807) is 54.6 Å². The van der Waals surface area contributed by atoms with Crippen molar-refractivity contribution in [3.8, 4) is 17.1 Å². The Morgan fingerprint density at radius 2 is 1.76 bits per heavy atom. The number of nitrogens with one attached hydrogen (secondary N) is 2. The van der Waals surface area contributed by atoms with Crippen LogP contribution in [0.25, 0.3) is 11.3 Å². The van der Waals surface area contributed by atoms with Gasteiger partial charge in [0.05, 0.1) is 17.7 Å². The van der Waals surface area contributed by atoms with E-state index in [1.165, 1.54) is 31.4 Å². The van der Waals surface area contributed by atoms with Gasteiger partial charge in [-0.1, -0.05) is 35.0 Å². The van der Waals surface area contributed by atoms with E-state index < -0.39 is 15.9 Å². The largest absolute Gasteiger partial charge is 0.495 e. The summed E-state index contributed by atoms with van der Waals surface area (Å²) in [6.07, 6.45) is 0. The van der Waals surface area contributed by atoms with E-state index in [0.717, 1.165) is 0 Å². The van der Waals surface area contributed by atoms with Crippen LogP contribution in [0.15, 0.2) is 88.3 Å². The Balaban J connectivity index is 1.51. The number of benzene rings is 3. The van der Waals surface area contributed by atoms with Gasteiger partial charge in [-0.3, -0.25) is 9.52 Å². The van der Waals surface area contributed by atoms with E-state index in [1.807, 2.05) is 0 Å². The number of hydrogen-bond donors (Lipinski definition) is 2. The fourth-order valence-corrected chi connectivity index (χ4v) is 4.24. The molecule has 0 atom stereocenters. The van der Waals surface area contributed by atoms with Crippen molar-refractivity contribution in [1.82, 2.24) is 5.16 Å². The first-order valence-electron chi connectivity index (χ1n) is 9.65. The zero-order chi connectivity index (χ0) is 23.4. The summed E-state index contributed by atoms with van der Waals surface area (Å²) in [7, 11) is -2.48. The summed E-state index contributed by atoms with van der Waals surface area (Å²) in [6.45, 7) is 0. The van der Waals surface area contributed by atoms with Crippen LogP contribution in [0.1, 0.15) is 10.5 Å². The van der Waals surface area contributed by atoms with Gasteiger partial charge in [-0.15, -0.1) is 0 Å². The molecule has 0 fully saturated rings. The molecule has 33 heavy (non-hydrogen) atoms. The summed E-state index contributed by atoms with van der Waals surface area (Å²) in [4.78, 5) is 12.6. The van der Waals surface area contributed by atoms with Crippen LogP contribution < -0.4 is 14.8 Å². The summed E-state index contributed by atoms with van der Waals surface area (Å²) in [5.74, 6) is 0.230. The number of sulfonamides is 1. The number of hydrogen-bond acceptors (Lipinski definition) is 6. The standard InChI is InChI=1S/C23H18ClN3O5S/c1-31-21-8-3-2-7-19(21)27-33(29,30)18-6-4-5-17(13-18)25-23(28)20-14-22(32-26-20)15-9-11-16(24)12-10-15/h2-14,27H,1H3,(H,25,28). The second-order valence-corrected chi connectivity index (χ2v) is 8.99. The predicted octanol–water partition coefficient (Wildman–Crippen LogP) is 5.06. The van der Waals surface area contributed by atoms with Crippen molar-refractivity contribution in [2.24, 2.45) is 0 Å². The molecule has 1 amide bonds. The molecule has 0 bridgehead atoms. The number of carbonyl (C=O) groups excluding carboxylic acids is 1. The van der Waals surface area contributed by atoms with E-state index in [9.17, 15) is 13.2 Å². The average molecular weight is 484 g/mol. The first-order chi connectivity index (χ1) is 15.9. The van der Waals surface area contributed by atoms with Gasteiger partial charge >= 0.3 is 0 Å². The quantitative estimate of drug-likeness (QED) is 0.380. The zero-order valence-corrected chi connectivity index (χ0v) is 18.9. The number of rotatable bonds is 7. The molecule has 3 aromatic carbocycles.